The summed E-state index contributed by atoms with van der Waals surface area (Å²) < 4.78 is 5.80. The van der Waals surface area contributed by atoms with Gasteiger partial charge in [-0.05, 0) is 32.3 Å². The molecule has 0 amide bonds. The summed E-state index contributed by atoms with van der Waals surface area (Å²) >= 11 is 6.20. The van der Waals surface area contributed by atoms with Crippen LogP contribution in [0.15, 0.2) is 24.3 Å². The molecule has 1 aromatic carbocycles. The second kappa shape index (κ2) is 4.21. The van der Waals surface area contributed by atoms with Gasteiger partial charge in [0.25, 0.3) is 0 Å². The van der Waals surface area contributed by atoms with E-state index in [1.807, 2.05) is 12.1 Å². The largest absolute Gasteiger partial charge is 0.384 e. The van der Waals surface area contributed by atoms with Crippen molar-refractivity contribution in [3.05, 3.63) is 34.9 Å². The number of rotatable bonds is 2. The zero-order chi connectivity index (χ0) is 13.7. The summed E-state index contributed by atoms with van der Waals surface area (Å²) in [6.07, 6.45) is 2.28. The first-order valence-corrected chi connectivity index (χ1v) is 6.93. The molecule has 1 N–H and O–H groups in total. The maximum Gasteiger partial charge on any atom is 0.118 e. The number of nitriles is 1. The van der Waals surface area contributed by atoms with Crippen molar-refractivity contribution >= 4 is 11.6 Å². The van der Waals surface area contributed by atoms with Crippen molar-refractivity contribution in [2.24, 2.45) is 5.41 Å². The fraction of sp³-hybridized carbons (Fsp3) is 0.533. The number of hydrogen-bond acceptors (Lipinski definition) is 3. The Hall–Kier alpha value is -1.08. The van der Waals surface area contributed by atoms with E-state index in [2.05, 4.69) is 6.07 Å². The van der Waals surface area contributed by atoms with Crippen molar-refractivity contribution in [1.82, 2.24) is 0 Å². The number of ether oxygens (including phenoxy) is 1. The van der Waals surface area contributed by atoms with Crippen molar-refractivity contribution < 1.29 is 9.84 Å². The third-order valence-electron chi connectivity index (χ3n) is 4.67. The van der Waals surface area contributed by atoms with Crippen LogP contribution in [0.2, 0.25) is 5.02 Å². The SMILES string of the molecule is CC(O)(c1ccccc1Cl)C1(C#N)CC2CCC1O2. The van der Waals surface area contributed by atoms with Crippen molar-refractivity contribution in [3.8, 4) is 6.07 Å². The molecule has 0 radical (unpaired) electrons. The van der Waals surface area contributed by atoms with E-state index in [1.165, 1.54) is 0 Å². The third-order valence-corrected chi connectivity index (χ3v) is 5.00. The van der Waals surface area contributed by atoms with Crippen LogP contribution in [0.25, 0.3) is 0 Å². The third kappa shape index (κ3) is 1.64. The Morgan fingerprint density at radius 1 is 1.47 bits per heavy atom. The molecule has 3 rings (SSSR count). The van der Waals surface area contributed by atoms with Crippen molar-refractivity contribution in [3.63, 3.8) is 0 Å². The predicted molar refractivity (Wildman–Crippen MR) is 71.6 cm³/mol. The highest BCUT2D eigenvalue weighted by molar-refractivity contribution is 6.31. The Kier molecular flexibility index (Phi) is 2.86. The van der Waals surface area contributed by atoms with E-state index in [1.54, 1.807) is 19.1 Å². The van der Waals surface area contributed by atoms with Crippen LogP contribution >= 0.6 is 11.6 Å². The molecule has 4 atom stereocenters. The maximum absolute atomic E-state index is 11.1. The lowest BCUT2D eigenvalue weighted by atomic mass is 9.62. The van der Waals surface area contributed by atoms with Gasteiger partial charge in [0.2, 0.25) is 0 Å². The normalized spacial score (nSPS) is 35.9. The first-order valence-electron chi connectivity index (χ1n) is 6.55. The molecule has 2 heterocycles. The maximum atomic E-state index is 11.1. The number of nitrogens with zero attached hydrogens (tertiary/aromatic N) is 1. The average Bonchev–Trinajstić information content (AvgIpc) is 2.99. The summed E-state index contributed by atoms with van der Waals surface area (Å²) in [5.41, 5.74) is -1.60. The van der Waals surface area contributed by atoms with E-state index >= 15 is 0 Å². The van der Waals surface area contributed by atoms with Crippen LogP contribution in [0.5, 0.6) is 0 Å². The van der Waals surface area contributed by atoms with E-state index in [-0.39, 0.29) is 12.2 Å². The highest BCUT2D eigenvalue weighted by Gasteiger charge is 2.62. The zero-order valence-corrected chi connectivity index (χ0v) is 11.5. The molecule has 1 aromatic rings. The standard InChI is InChI=1S/C15H16ClNO2/c1-14(18,11-4-2-3-5-12(11)16)15(9-17)8-10-6-7-13(15)19-10/h2-5,10,13,18H,6-8H2,1H3. The number of hydrogen-bond donors (Lipinski definition) is 1. The van der Waals surface area contributed by atoms with Gasteiger partial charge in [-0.25, -0.2) is 0 Å². The molecular weight excluding hydrogens is 262 g/mol. The smallest absolute Gasteiger partial charge is 0.118 e. The van der Waals surface area contributed by atoms with Gasteiger partial charge in [0, 0.05) is 10.6 Å². The monoisotopic (exact) mass is 277 g/mol. The Labute approximate surface area is 117 Å². The van der Waals surface area contributed by atoms with Crippen LogP contribution < -0.4 is 0 Å². The molecule has 100 valence electrons. The van der Waals surface area contributed by atoms with Gasteiger partial charge in [0.05, 0.1) is 18.3 Å². The Bertz CT molecular complexity index is 551. The van der Waals surface area contributed by atoms with Gasteiger partial charge in [-0.15, -0.1) is 0 Å². The lowest BCUT2D eigenvalue weighted by Gasteiger charge is -2.42. The van der Waals surface area contributed by atoms with Crippen molar-refractivity contribution in [2.75, 3.05) is 0 Å². The minimum atomic E-state index is -1.31. The van der Waals surface area contributed by atoms with Gasteiger partial charge < -0.3 is 9.84 Å². The topological polar surface area (TPSA) is 53.2 Å². The fourth-order valence-electron chi connectivity index (χ4n) is 3.54. The second-order valence-corrected chi connectivity index (χ2v) is 6.07. The Balaban J connectivity index is 2.09. The van der Waals surface area contributed by atoms with Gasteiger partial charge in [0.15, 0.2) is 0 Å². The van der Waals surface area contributed by atoms with E-state index in [9.17, 15) is 10.4 Å². The molecule has 0 aromatic heterocycles. The minimum Gasteiger partial charge on any atom is -0.384 e. The first-order chi connectivity index (χ1) is 9.01. The van der Waals surface area contributed by atoms with E-state index < -0.39 is 11.0 Å². The van der Waals surface area contributed by atoms with E-state index in [0.717, 1.165) is 12.8 Å². The summed E-state index contributed by atoms with van der Waals surface area (Å²) in [5, 5.41) is 21.2. The van der Waals surface area contributed by atoms with Crippen LogP contribution in [-0.4, -0.2) is 17.3 Å². The fourth-order valence-corrected chi connectivity index (χ4v) is 3.86. The molecule has 19 heavy (non-hydrogen) atoms. The van der Waals surface area contributed by atoms with Gasteiger partial charge in [-0.2, -0.15) is 5.26 Å². The van der Waals surface area contributed by atoms with Crippen LogP contribution in [0.4, 0.5) is 0 Å². The average molecular weight is 278 g/mol. The highest BCUT2D eigenvalue weighted by Crippen LogP contribution is 2.57. The van der Waals surface area contributed by atoms with E-state index in [0.29, 0.717) is 17.0 Å². The zero-order valence-electron chi connectivity index (χ0n) is 10.8. The Morgan fingerprint density at radius 3 is 2.74 bits per heavy atom. The number of fused-ring (bicyclic) bond motifs is 2. The molecule has 4 unspecified atom stereocenters. The molecule has 0 saturated carbocycles. The molecular formula is C15H16ClNO2. The summed E-state index contributed by atoms with van der Waals surface area (Å²) in [6, 6.07) is 9.51. The van der Waals surface area contributed by atoms with E-state index in [4.69, 9.17) is 16.3 Å². The summed E-state index contributed by atoms with van der Waals surface area (Å²) in [4.78, 5) is 0. The molecule has 2 aliphatic rings. The lowest BCUT2D eigenvalue weighted by Crippen LogP contribution is -2.49. The number of aliphatic hydroxyl groups is 1. The van der Waals surface area contributed by atoms with Gasteiger partial charge in [-0.1, -0.05) is 29.8 Å². The quantitative estimate of drug-likeness (QED) is 0.904. The van der Waals surface area contributed by atoms with Crippen LogP contribution in [0, 0.1) is 16.7 Å². The van der Waals surface area contributed by atoms with Gasteiger partial charge in [-0.3, -0.25) is 0 Å². The highest BCUT2D eigenvalue weighted by atomic mass is 35.5. The molecule has 0 aliphatic carbocycles. The summed E-state index contributed by atoms with van der Waals surface area (Å²) in [6.45, 7) is 1.68. The van der Waals surface area contributed by atoms with Crippen LogP contribution in [-0.2, 0) is 10.3 Å². The molecule has 2 saturated heterocycles. The molecule has 2 aliphatic heterocycles. The predicted octanol–water partition coefficient (Wildman–Crippen LogP) is 3.01. The minimum absolute atomic E-state index is 0.0959. The molecule has 3 nitrogen and oxygen atoms in total. The lowest BCUT2D eigenvalue weighted by molar-refractivity contribution is -0.0772. The molecule has 0 spiro atoms. The second-order valence-electron chi connectivity index (χ2n) is 5.66. The van der Waals surface area contributed by atoms with Gasteiger partial charge in [0.1, 0.15) is 11.0 Å². The van der Waals surface area contributed by atoms with Crippen molar-refractivity contribution in [1.29, 1.82) is 5.26 Å². The van der Waals surface area contributed by atoms with Crippen LogP contribution in [0.1, 0.15) is 31.7 Å². The van der Waals surface area contributed by atoms with Crippen molar-refractivity contribution in [2.45, 2.75) is 44.0 Å². The Morgan fingerprint density at radius 2 is 2.21 bits per heavy atom. The molecule has 4 heteroatoms. The molecule has 2 bridgehead atoms. The summed E-state index contributed by atoms with van der Waals surface area (Å²) in [5.74, 6) is 0. The first kappa shape index (κ1) is 12.9. The molecule has 2 fully saturated rings. The van der Waals surface area contributed by atoms with Gasteiger partial charge >= 0.3 is 0 Å². The number of benzene rings is 1. The summed E-state index contributed by atoms with van der Waals surface area (Å²) in [7, 11) is 0. The van der Waals surface area contributed by atoms with Crippen LogP contribution in [0.3, 0.4) is 0 Å². The number of halogens is 1.